The zero-order valence-corrected chi connectivity index (χ0v) is 11.3. The topological polar surface area (TPSA) is 21.3 Å². The molecule has 0 bridgehead atoms. The number of benzene rings is 1. The van der Waals surface area contributed by atoms with Gasteiger partial charge in [0.1, 0.15) is 5.75 Å². The highest BCUT2D eigenvalue weighted by molar-refractivity contribution is 5.26. The Morgan fingerprint density at radius 1 is 1.18 bits per heavy atom. The standard InChI is InChI=1S/C15H25NO/c1-4-14(3)16-11-5-6-12-17-15-9-7-13(2)8-10-15/h7-10,14,16H,4-6,11-12H2,1-3H3/t14-/m0/s1. The Balaban J connectivity index is 2.02. The summed E-state index contributed by atoms with van der Waals surface area (Å²) in [7, 11) is 0. The molecule has 1 atom stereocenters. The molecule has 96 valence electrons. The van der Waals surface area contributed by atoms with Gasteiger partial charge in [0.15, 0.2) is 0 Å². The second-order valence-electron chi connectivity index (χ2n) is 4.63. The first-order valence-corrected chi connectivity index (χ1v) is 6.65. The lowest BCUT2D eigenvalue weighted by atomic mass is 10.2. The van der Waals surface area contributed by atoms with E-state index in [-0.39, 0.29) is 0 Å². The summed E-state index contributed by atoms with van der Waals surface area (Å²) in [6.45, 7) is 8.42. The second-order valence-corrected chi connectivity index (χ2v) is 4.63. The molecule has 0 unspecified atom stereocenters. The Morgan fingerprint density at radius 2 is 1.88 bits per heavy atom. The van der Waals surface area contributed by atoms with Crippen molar-refractivity contribution < 1.29 is 4.74 Å². The summed E-state index contributed by atoms with van der Waals surface area (Å²) < 4.78 is 5.67. The van der Waals surface area contributed by atoms with E-state index < -0.39 is 0 Å². The predicted octanol–water partition coefficient (Wildman–Crippen LogP) is 3.54. The van der Waals surface area contributed by atoms with Crippen LogP contribution in [0.2, 0.25) is 0 Å². The normalized spacial score (nSPS) is 12.4. The molecule has 0 saturated carbocycles. The monoisotopic (exact) mass is 235 g/mol. The SMILES string of the molecule is CC[C@H](C)NCCCCOc1ccc(C)cc1. The number of hydrogen-bond acceptors (Lipinski definition) is 2. The molecule has 0 amide bonds. The molecule has 0 aliphatic carbocycles. The Kier molecular flexibility index (Phi) is 6.71. The molecule has 0 aliphatic heterocycles. The van der Waals surface area contributed by atoms with Gasteiger partial charge < -0.3 is 10.1 Å². The van der Waals surface area contributed by atoms with Gasteiger partial charge in [-0.2, -0.15) is 0 Å². The molecule has 0 aliphatic rings. The molecule has 0 heterocycles. The lowest BCUT2D eigenvalue weighted by molar-refractivity contribution is 0.304. The van der Waals surface area contributed by atoms with Crippen LogP contribution in [0.3, 0.4) is 0 Å². The van der Waals surface area contributed by atoms with Crippen molar-refractivity contribution in [3.05, 3.63) is 29.8 Å². The van der Waals surface area contributed by atoms with Crippen LogP contribution in [0.4, 0.5) is 0 Å². The third kappa shape index (κ3) is 6.32. The van der Waals surface area contributed by atoms with Crippen molar-refractivity contribution >= 4 is 0 Å². The fourth-order valence-electron chi connectivity index (χ4n) is 1.54. The Hall–Kier alpha value is -1.02. The van der Waals surface area contributed by atoms with Gasteiger partial charge >= 0.3 is 0 Å². The lowest BCUT2D eigenvalue weighted by Crippen LogP contribution is -2.26. The minimum atomic E-state index is 0.632. The third-order valence-electron chi connectivity index (χ3n) is 2.97. The van der Waals surface area contributed by atoms with Gasteiger partial charge in [-0.1, -0.05) is 24.6 Å². The number of ether oxygens (including phenoxy) is 1. The van der Waals surface area contributed by atoms with Crippen LogP contribution in [0.15, 0.2) is 24.3 Å². The summed E-state index contributed by atoms with van der Waals surface area (Å²) in [5.74, 6) is 0.977. The fraction of sp³-hybridized carbons (Fsp3) is 0.600. The van der Waals surface area contributed by atoms with Crippen LogP contribution in [-0.4, -0.2) is 19.2 Å². The van der Waals surface area contributed by atoms with Crippen LogP contribution < -0.4 is 10.1 Å². The van der Waals surface area contributed by atoms with Crippen molar-refractivity contribution in [2.75, 3.05) is 13.2 Å². The van der Waals surface area contributed by atoms with E-state index in [9.17, 15) is 0 Å². The average Bonchev–Trinajstić information content (AvgIpc) is 2.35. The van der Waals surface area contributed by atoms with Crippen molar-refractivity contribution in [2.24, 2.45) is 0 Å². The van der Waals surface area contributed by atoms with Gasteiger partial charge in [-0.3, -0.25) is 0 Å². The fourth-order valence-corrected chi connectivity index (χ4v) is 1.54. The zero-order chi connectivity index (χ0) is 12.5. The largest absolute Gasteiger partial charge is 0.494 e. The third-order valence-corrected chi connectivity index (χ3v) is 2.97. The molecule has 1 rings (SSSR count). The van der Waals surface area contributed by atoms with Crippen molar-refractivity contribution in [3.8, 4) is 5.75 Å². The Labute approximate surface area is 105 Å². The van der Waals surface area contributed by atoms with Gasteiger partial charge in [0.2, 0.25) is 0 Å². The first-order valence-electron chi connectivity index (χ1n) is 6.65. The summed E-state index contributed by atoms with van der Waals surface area (Å²) >= 11 is 0. The van der Waals surface area contributed by atoms with E-state index in [4.69, 9.17) is 4.74 Å². The molecule has 1 aromatic rings. The van der Waals surface area contributed by atoms with Crippen molar-refractivity contribution in [1.82, 2.24) is 5.32 Å². The number of nitrogens with one attached hydrogen (secondary N) is 1. The molecule has 2 heteroatoms. The van der Waals surface area contributed by atoms with Crippen molar-refractivity contribution in [1.29, 1.82) is 0 Å². The van der Waals surface area contributed by atoms with E-state index in [1.807, 2.05) is 12.1 Å². The maximum atomic E-state index is 5.67. The predicted molar refractivity (Wildman–Crippen MR) is 73.7 cm³/mol. The smallest absolute Gasteiger partial charge is 0.119 e. The summed E-state index contributed by atoms with van der Waals surface area (Å²) in [6.07, 6.45) is 3.48. The van der Waals surface area contributed by atoms with Gasteiger partial charge in [-0.25, -0.2) is 0 Å². The quantitative estimate of drug-likeness (QED) is 0.696. The number of rotatable bonds is 8. The molecule has 0 saturated heterocycles. The first-order chi connectivity index (χ1) is 8.22. The molecule has 0 aromatic heterocycles. The van der Waals surface area contributed by atoms with Crippen LogP contribution in [0, 0.1) is 6.92 Å². The summed E-state index contributed by atoms with van der Waals surface area (Å²) in [5, 5.41) is 3.48. The van der Waals surface area contributed by atoms with Crippen LogP contribution in [0.5, 0.6) is 5.75 Å². The van der Waals surface area contributed by atoms with Crippen LogP contribution >= 0.6 is 0 Å². The maximum Gasteiger partial charge on any atom is 0.119 e. The van der Waals surface area contributed by atoms with Gasteiger partial charge in [-0.15, -0.1) is 0 Å². The Morgan fingerprint density at radius 3 is 2.53 bits per heavy atom. The van der Waals surface area contributed by atoms with Gasteiger partial charge in [-0.05, 0) is 51.8 Å². The Bertz CT molecular complexity index is 294. The van der Waals surface area contributed by atoms with Crippen LogP contribution in [0.1, 0.15) is 38.7 Å². The minimum Gasteiger partial charge on any atom is -0.494 e. The molecule has 1 aromatic carbocycles. The van der Waals surface area contributed by atoms with Gasteiger partial charge in [0, 0.05) is 6.04 Å². The molecule has 2 nitrogen and oxygen atoms in total. The lowest BCUT2D eigenvalue weighted by Gasteiger charge is -2.11. The highest BCUT2D eigenvalue weighted by Crippen LogP contribution is 2.11. The highest BCUT2D eigenvalue weighted by atomic mass is 16.5. The van der Waals surface area contributed by atoms with E-state index >= 15 is 0 Å². The van der Waals surface area contributed by atoms with Crippen LogP contribution in [-0.2, 0) is 0 Å². The first kappa shape index (κ1) is 14.0. The molecule has 17 heavy (non-hydrogen) atoms. The molecule has 1 N–H and O–H groups in total. The average molecular weight is 235 g/mol. The maximum absolute atomic E-state index is 5.67. The van der Waals surface area contributed by atoms with E-state index in [1.165, 1.54) is 18.4 Å². The second kappa shape index (κ2) is 8.13. The molecular formula is C15H25NO. The zero-order valence-electron chi connectivity index (χ0n) is 11.3. The molecule has 0 fully saturated rings. The van der Waals surface area contributed by atoms with Gasteiger partial charge in [0.25, 0.3) is 0 Å². The van der Waals surface area contributed by atoms with Crippen molar-refractivity contribution in [2.45, 2.75) is 46.1 Å². The van der Waals surface area contributed by atoms with E-state index in [2.05, 4.69) is 38.2 Å². The molecule has 0 spiro atoms. The minimum absolute atomic E-state index is 0.632. The van der Waals surface area contributed by atoms with E-state index in [0.29, 0.717) is 6.04 Å². The number of hydrogen-bond donors (Lipinski definition) is 1. The summed E-state index contributed by atoms with van der Waals surface area (Å²) in [5.41, 5.74) is 1.27. The van der Waals surface area contributed by atoms with Crippen molar-refractivity contribution in [3.63, 3.8) is 0 Å². The number of unbranched alkanes of at least 4 members (excludes halogenated alkanes) is 1. The van der Waals surface area contributed by atoms with E-state index in [0.717, 1.165) is 25.3 Å². The molecule has 0 radical (unpaired) electrons. The van der Waals surface area contributed by atoms with Gasteiger partial charge in [0.05, 0.1) is 6.61 Å². The summed E-state index contributed by atoms with van der Waals surface area (Å²) in [4.78, 5) is 0. The van der Waals surface area contributed by atoms with E-state index in [1.54, 1.807) is 0 Å². The summed E-state index contributed by atoms with van der Waals surface area (Å²) in [6, 6.07) is 8.87. The molecular weight excluding hydrogens is 210 g/mol. The number of aryl methyl sites for hydroxylation is 1. The van der Waals surface area contributed by atoms with Crippen LogP contribution in [0.25, 0.3) is 0 Å². The highest BCUT2D eigenvalue weighted by Gasteiger charge is 1.97.